The average Bonchev–Trinajstić information content (AvgIpc) is 2.27. The van der Waals surface area contributed by atoms with Gasteiger partial charge in [-0.25, -0.2) is 17.5 Å². The molecule has 1 aromatic carbocycles. The van der Waals surface area contributed by atoms with Gasteiger partial charge in [-0.15, -0.1) is 0 Å². The Morgan fingerprint density at radius 1 is 1.33 bits per heavy atom. The molecule has 18 heavy (non-hydrogen) atoms. The summed E-state index contributed by atoms with van der Waals surface area (Å²) in [6.45, 7) is 1.72. The minimum atomic E-state index is -3.93. The summed E-state index contributed by atoms with van der Waals surface area (Å²) < 4.78 is 39.2. The fourth-order valence-electron chi connectivity index (χ4n) is 1.41. The van der Waals surface area contributed by atoms with Gasteiger partial charge in [0.2, 0.25) is 10.0 Å². The number of benzene rings is 1. The van der Waals surface area contributed by atoms with Crippen molar-refractivity contribution in [3.63, 3.8) is 0 Å². The van der Waals surface area contributed by atoms with Crippen molar-refractivity contribution in [2.45, 2.75) is 24.3 Å². The Hall–Kier alpha value is -1.02. The molecule has 0 atom stereocenters. The molecule has 0 fully saturated rings. The highest BCUT2D eigenvalue weighted by molar-refractivity contribution is 7.89. The summed E-state index contributed by atoms with van der Waals surface area (Å²) in [6, 6.07) is 3.28. The van der Waals surface area contributed by atoms with E-state index in [-0.39, 0.29) is 10.5 Å². The van der Waals surface area contributed by atoms with Crippen LogP contribution in [-0.2, 0) is 10.0 Å². The molecule has 102 valence electrons. The van der Waals surface area contributed by atoms with E-state index in [9.17, 15) is 12.8 Å². The minimum Gasteiger partial charge on any atom is -0.394 e. The fourth-order valence-corrected chi connectivity index (χ4v) is 3.03. The van der Waals surface area contributed by atoms with E-state index < -0.39 is 34.6 Å². The molecule has 0 unspecified atom stereocenters. The second kappa shape index (κ2) is 5.31. The van der Waals surface area contributed by atoms with Crippen LogP contribution in [0.5, 0.6) is 0 Å². The molecular formula is C11H16FNO4S. The first kappa shape index (κ1) is 15.0. The van der Waals surface area contributed by atoms with Crippen LogP contribution in [0, 0.1) is 12.7 Å². The lowest BCUT2D eigenvalue weighted by Gasteiger charge is -2.26. The third-order valence-corrected chi connectivity index (χ3v) is 4.30. The fraction of sp³-hybridized carbons (Fsp3) is 0.455. The maximum Gasteiger partial charge on any atom is 0.241 e. The molecule has 0 amide bonds. The molecule has 0 aromatic heterocycles. The molecule has 1 rings (SSSR count). The van der Waals surface area contributed by atoms with Crippen LogP contribution in [-0.4, -0.2) is 37.4 Å². The first-order chi connectivity index (χ1) is 8.24. The van der Waals surface area contributed by atoms with Crippen molar-refractivity contribution in [1.82, 2.24) is 4.72 Å². The lowest BCUT2D eigenvalue weighted by atomic mass is 10.1. The van der Waals surface area contributed by atoms with Gasteiger partial charge in [0, 0.05) is 0 Å². The Kier molecular flexibility index (Phi) is 4.44. The Labute approximate surface area is 105 Å². The standard InChI is InChI=1S/C11H16FNO4S/c1-8-5-9(12)3-4-10(8)18(16,17)13-11(2,6-14)7-15/h3-5,13-15H,6-7H2,1-2H3. The first-order valence-corrected chi connectivity index (χ1v) is 6.74. The summed E-state index contributed by atoms with van der Waals surface area (Å²) in [5.41, 5.74) is -1.11. The third kappa shape index (κ3) is 3.26. The highest BCUT2D eigenvalue weighted by atomic mass is 32.2. The number of sulfonamides is 1. The third-order valence-electron chi connectivity index (χ3n) is 2.51. The summed E-state index contributed by atoms with van der Waals surface area (Å²) in [6.07, 6.45) is 0. The summed E-state index contributed by atoms with van der Waals surface area (Å²) in [4.78, 5) is -0.0861. The van der Waals surface area contributed by atoms with E-state index in [1.807, 2.05) is 0 Å². The predicted molar refractivity (Wildman–Crippen MR) is 64.0 cm³/mol. The SMILES string of the molecule is Cc1cc(F)ccc1S(=O)(=O)NC(C)(CO)CO. The van der Waals surface area contributed by atoms with Crippen molar-refractivity contribution in [2.24, 2.45) is 0 Å². The number of halogens is 1. The van der Waals surface area contributed by atoms with Gasteiger partial charge >= 0.3 is 0 Å². The van der Waals surface area contributed by atoms with Gasteiger partial charge in [-0.05, 0) is 37.6 Å². The predicted octanol–water partition coefficient (Wildman–Crippen LogP) is 0.156. The number of aliphatic hydroxyl groups is 2. The largest absolute Gasteiger partial charge is 0.394 e. The van der Waals surface area contributed by atoms with Gasteiger partial charge in [-0.3, -0.25) is 0 Å². The number of rotatable bonds is 5. The molecule has 0 radical (unpaired) electrons. The summed E-state index contributed by atoms with van der Waals surface area (Å²) in [5, 5.41) is 18.1. The second-order valence-electron chi connectivity index (χ2n) is 4.39. The Bertz CT molecular complexity index is 526. The molecule has 0 saturated carbocycles. The van der Waals surface area contributed by atoms with Gasteiger partial charge in [-0.2, -0.15) is 0 Å². The van der Waals surface area contributed by atoms with Gasteiger partial charge in [0.05, 0.1) is 23.6 Å². The van der Waals surface area contributed by atoms with Crippen molar-refractivity contribution in [3.8, 4) is 0 Å². The summed E-state index contributed by atoms with van der Waals surface area (Å²) in [5.74, 6) is -0.529. The van der Waals surface area contributed by atoms with Crippen LogP contribution < -0.4 is 4.72 Å². The topological polar surface area (TPSA) is 86.6 Å². The van der Waals surface area contributed by atoms with Gasteiger partial charge in [0.15, 0.2) is 0 Å². The first-order valence-electron chi connectivity index (χ1n) is 5.26. The molecule has 3 N–H and O–H groups in total. The zero-order chi connectivity index (χ0) is 14.0. The van der Waals surface area contributed by atoms with Crippen LogP contribution in [0.25, 0.3) is 0 Å². The molecule has 0 aliphatic heterocycles. The number of aliphatic hydroxyl groups excluding tert-OH is 2. The molecular weight excluding hydrogens is 261 g/mol. The number of aryl methyl sites for hydroxylation is 1. The Morgan fingerprint density at radius 3 is 2.33 bits per heavy atom. The summed E-state index contributed by atoms with van der Waals surface area (Å²) in [7, 11) is -3.93. The molecule has 0 aliphatic carbocycles. The molecule has 5 nitrogen and oxygen atoms in total. The van der Waals surface area contributed by atoms with E-state index in [1.54, 1.807) is 0 Å². The zero-order valence-corrected chi connectivity index (χ0v) is 11.0. The van der Waals surface area contributed by atoms with E-state index in [4.69, 9.17) is 10.2 Å². The molecule has 1 aromatic rings. The van der Waals surface area contributed by atoms with Crippen molar-refractivity contribution in [1.29, 1.82) is 0 Å². The van der Waals surface area contributed by atoms with Crippen molar-refractivity contribution >= 4 is 10.0 Å². The maximum absolute atomic E-state index is 12.9. The van der Waals surface area contributed by atoms with Crippen LogP contribution in [0.15, 0.2) is 23.1 Å². The second-order valence-corrected chi connectivity index (χ2v) is 6.04. The average molecular weight is 277 g/mol. The van der Waals surface area contributed by atoms with Crippen molar-refractivity contribution < 1.29 is 23.0 Å². The minimum absolute atomic E-state index is 0.0861. The van der Waals surface area contributed by atoms with Crippen LogP contribution in [0.1, 0.15) is 12.5 Å². The zero-order valence-electron chi connectivity index (χ0n) is 10.1. The van der Waals surface area contributed by atoms with E-state index in [1.165, 1.54) is 13.8 Å². The Morgan fingerprint density at radius 2 is 1.89 bits per heavy atom. The maximum atomic E-state index is 12.9. The van der Waals surface area contributed by atoms with Gasteiger partial charge in [0.25, 0.3) is 0 Å². The molecule has 0 bridgehead atoms. The van der Waals surface area contributed by atoms with E-state index in [0.29, 0.717) is 0 Å². The molecule has 0 heterocycles. The highest BCUT2D eigenvalue weighted by Crippen LogP contribution is 2.18. The molecule has 0 aliphatic rings. The van der Waals surface area contributed by atoms with E-state index in [2.05, 4.69) is 4.72 Å². The summed E-state index contributed by atoms with van der Waals surface area (Å²) >= 11 is 0. The van der Waals surface area contributed by atoms with Gasteiger partial charge in [-0.1, -0.05) is 0 Å². The van der Waals surface area contributed by atoms with Crippen LogP contribution >= 0.6 is 0 Å². The number of nitrogens with one attached hydrogen (secondary N) is 1. The molecule has 0 spiro atoms. The molecule has 7 heteroatoms. The lowest BCUT2D eigenvalue weighted by molar-refractivity contribution is 0.121. The van der Waals surface area contributed by atoms with Gasteiger partial charge in [0.1, 0.15) is 5.82 Å². The van der Waals surface area contributed by atoms with Crippen LogP contribution in [0.3, 0.4) is 0 Å². The number of hydrogen-bond acceptors (Lipinski definition) is 4. The Balaban J connectivity index is 3.15. The monoisotopic (exact) mass is 277 g/mol. The number of hydrogen-bond donors (Lipinski definition) is 3. The lowest BCUT2D eigenvalue weighted by Crippen LogP contribution is -2.51. The normalized spacial score (nSPS) is 12.7. The smallest absolute Gasteiger partial charge is 0.241 e. The van der Waals surface area contributed by atoms with Crippen molar-refractivity contribution in [2.75, 3.05) is 13.2 Å². The quantitative estimate of drug-likeness (QED) is 0.715. The van der Waals surface area contributed by atoms with E-state index in [0.717, 1.165) is 18.2 Å². The highest BCUT2D eigenvalue weighted by Gasteiger charge is 2.30. The molecule has 0 saturated heterocycles. The van der Waals surface area contributed by atoms with E-state index >= 15 is 0 Å². The van der Waals surface area contributed by atoms with Crippen LogP contribution in [0.4, 0.5) is 4.39 Å². The van der Waals surface area contributed by atoms with Crippen LogP contribution in [0.2, 0.25) is 0 Å². The van der Waals surface area contributed by atoms with Crippen molar-refractivity contribution in [3.05, 3.63) is 29.6 Å². The van der Waals surface area contributed by atoms with Gasteiger partial charge < -0.3 is 10.2 Å².